The first kappa shape index (κ1) is 12.3. The van der Waals surface area contributed by atoms with Crippen molar-refractivity contribution in [3.8, 4) is 5.75 Å². The van der Waals surface area contributed by atoms with Crippen LogP contribution in [0.2, 0.25) is 0 Å². The minimum Gasteiger partial charge on any atom is -0.484 e. The summed E-state index contributed by atoms with van der Waals surface area (Å²) in [5.74, 6) is 0.610. The van der Waals surface area contributed by atoms with E-state index in [1.54, 1.807) is 0 Å². The SMILES string of the molecule is C=C(C)CNC(=O)COc1ccccc1C. The number of para-hydroxylation sites is 1. The van der Waals surface area contributed by atoms with E-state index in [0.29, 0.717) is 6.54 Å². The molecule has 0 atom stereocenters. The highest BCUT2D eigenvalue weighted by molar-refractivity contribution is 5.77. The molecule has 0 bridgehead atoms. The number of benzene rings is 1. The van der Waals surface area contributed by atoms with Crippen LogP contribution in [-0.2, 0) is 4.79 Å². The van der Waals surface area contributed by atoms with E-state index in [9.17, 15) is 4.79 Å². The number of aryl methyl sites for hydroxylation is 1. The van der Waals surface area contributed by atoms with Gasteiger partial charge in [-0.05, 0) is 25.5 Å². The van der Waals surface area contributed by atoms with Gasteiger partial charge in [0.25, 0.3) is 5.91 Å². The van der Waals surface area contributed by atoms with Crippen molar-refractivity contribution >= 4 is 5.91 Å². The van der Waals surface area contributed by atoms with Crippen molar-refractivity contribution in [1.29, 1.82) is 0 Å². The lowest BCUT2D eigenvalue weighted by Gasteiger charge is -2.09. The van der Waals surface area contributed by atoms with E-state index in [-0.39, 0.29) is 12.5 Å². The van der Waals surface area contributed by atoms with Crippen LogP contribution in [-0.4, -0.2) is 19.1 Å². The molecule has 0 spiro atoms. The Morgan fingerprint density at radius 3 is 2.75 bits per heavy atom. The Hall–Kier alpha value is -1.77. The van der Waals surface area contributed by atoms with Gasteiger partial charge in [-0.15, -0.1) is 0 Å². The molecule has 0 aliphatic rings. The van der Waals surface area contributed by atoms with Crippen molar-refractivity contribution in [2.24, 2.45) is 0 Å². The number of carbonyl (C=O) groups excluding carboxylic acids is 1. The predicted molar refractivity (Wildman–Crippen MR) is 64.5 cm³/mol. The lowest BCUT2D eigenvalue weighted by molar-refractivity contribution is -0.122. The number of hydrogen-bond donors (Lipinski definition) is 1. The van der Waals surface area contributed by atoms with Crippen LogP contribution in [0, 0.1) is 6.92 Å². The first-order valence-electron chi connectivity index (χ1n) is 5.19. The van der Waals surface area contributed by atoms with Crippen LogP contribution in [0.15, 0.2) is 36.4 Å². The average Bonchev–Trinajstić information content (AvgIpc) is 2.25. The quantitative estimate of drug-likeness (QED) is 0.770. The number of nitrogens with one attached hydrogen (secondary N) is 1. The fourth-order valence-electron chi connectivity index (χ4n) is 1.16. The van der Waals surface area contributed by atoms with Gasteiger partial charge >= 0.3 is 0 Å². The molecule has 3 heteroatoms. The maximum Gasteiger partial charge on any atom is 0.258 e. The van der Waals surface area contributed by atoms with E-state index in [2.05, 4.69) is 11.9 Å². The normalized spacial score (nSPS) is 9.62. The summed E-state index contributed by atoms with van der Waals surface area (Å²) < 4.78 is 5.39. The highest BCUT2D eigenvalue weighted by Crippen LogP contribution is 2.15. The minimum absolute atomic E-state index is 0.0398. The number of carbonyl (C=O) groups is 1. The highest BCUT2D eigenvalue weighted by atomic mass is 16.5. The molecule has 0 unspecified atom stereocenters. The molecule has 1 amide bonds. The molecule has 3 nitrogen and oxygen atoms in total. The van der Waals surface area contributed by atoms with Gasteiger partial charge in [0.1, 0.15) is 5.75 Å². The lowest BCUT2D eigenvalue weighted by Crippen LogP contribution is -2.30. The summed E-state index contributed by atoms with van der Waals surface area (Å²) in [6.07, 6.45) is 0. The molecular weight excluding hydrogens is 202 g/mol. The van der Waals surface area contributed by atoms with Crippen molar-refractivity contribution in [2.45, 2.75) is 13.8 Å². The van der Waals surface area contributed by atoms with Gasteiger partial charge < -0.3 is 10.1 Å². The van der Waals surface area contributed by atoms with Crippen LogP contribution in [0.4, 0.5) is 0 Å². The molecule has 86 valence electrons. The van der Waals surface area contributed by atoms with E-state index in [0.717, 1.165) is 16.9 Å². The van der Waals surface area contributed by atoms with E-state index in [1.807, 2.05) is 38.1 Å². The Morgan fingerprint density at radius 2 is 2.12 bits per heavy atom. The third kappa shape index (κ3) is 4.17. The molecular formula is C13H17NO2. The number of rotatable bonds is 5. The van der Waals surface area contributed by atoms with Gasteiger partial charge in [-0.3, -0.25) is 4.79 Å². The summed E-state index contributed by atoms with van der Waals surface area (Å²) in [6, 6.07) is 7.61. The third-order valence-corrected chi connectivity index (χ3v) is 2.04. The van der Waals surface area contributed by atoms with Crippen molar-refractivity contribution in [1.82, 2.24) is 5.32 Å². The second-order valence-corrected chi connectivity index (χ2v) is 3.79. The Balaban J connectivity index is 2.37. The van der Waals surface area contributed by atoms with E-state index in [4.69, 9.17) is 4.74 Å². The Labute approximate surface area is 96.1 Å². The van der Waals surface area contributed by atoms with Gasteiger partial charge in [0.15, 0.2) is 6.61 Å². The van der Waals surface area contributed by atoms with Gasteiger partial charge in [-0.1, -0.05) is 30.4 Å². The number of ether oxygens (including phenoxy) is 1. The zero-order valence-electron chi connectivity index (χ0n) is 9.75. The monoisotopic (exact) mass is 219 g/mol. The molecule has 16 heavy (non-hydrogen) atoms. The summed E-state index contributed by atoms with van der Waals surface area (Å²) in [7, 11) is 0. The summed E-state index contributed by atoms with van der Waals surface area (Å²) >= 11 is 0. The molecule has 0 saturated carbocycles. The molecule has 1 rings (SSSR count). The standard InChI is InChI=1S/C13H17NO2/c1-10(2)8-14-13(15)9-16-12-7-5-4-6-11(12)3/h4-7H,1,8-9H2,2-3H3,(H,14,15). The molecule has 0 fully saturated rings. The maximum atomic E-state index is 11.4. The average molecular weight is 219 g/mol. The number of hydrogen-bond acceptors (Lipinski definition) is 2. The molecule has 1 aromatic rings. The largest absolute Gasteiger partial charge is 0.484 e. The first-order valence-corrected chi connectivity index (χ1v) is 5.19. The number of amides is 1. The minimum atomic E-state index is -0.133. The summed E-state index contributed by atoms with van der Waals surface area (Å²) in [5.41, 5.74) is 1.94. The molecule has 0 radical (unpaired) electrons. The molecule has 0 saturated heterocycles. The molecule has 0 heterocycles. The lowest BCUT2D eigenvalue weighted by atomic mass is 10.2. The summed E-state index contributed by atoms with van der Waals surface area (Å²) in [4.78, 5) is 11.4. The van der Waals surface area contributed by atoms with Gasteiger partial charge in [0.2, 0.25) is 0 Å². The first-order chi connectivity index (χ1) is 7.59. The van der Waals surface area contributed by atoms with Crippen LogP contribution in [0.5, 0.6) is 5.75 Å². The zero-order chi connectivity index (χ0) is 12.0. The van der Waals surface area contributed by atoms with Gasteiger partial charge in [0.05, 0.1) is 0 Å². The highest BCUT2D eigenvalue weighted by Gasteiger charge is 2.03. The summed E-state index contributed by atoms with van der Waals surface area (Å²) in [6.45, 7) is 8.05. The second kappa shape index (κ2) is 5.95. The molecule has 0 aliphatic heterocycles. The van der Waals surface area contributed by atoms with Crippen molar-refractivity contribution < 1.29 is 9.53 Å². The van der Waals surface area contributed by atoms with Crippen LogP contribution in [0.3, 0.4) is 0 Å². The molecule has 0 aromatic heterocycles. The van der Waals surface area contributed by atoms with Gasteiger partial charge in [-0.25, -0.2) is 0 Å². The Kier molecular flexibility index (Phi) is 4.58. The van der Waals surface area contributed by atoms with E-state index >= 15 is 0 Å². The van der Waals surface area contributed by atoms with Crippen molar-refractivity contribution in [2.75, 3.05) is 13.2 Å². The zero-order valence-corrected chi connectivity index (χ0v) is 9.75. The van der Waals surface area contributed by atoms with E-state index in [1.165, 1.54) is 0 Å². The molecule has 1 N–H and O–H groups in total. The van der Waals surface area contributed by atoms with Crippen LogP contribution in [0.1, 0.15) is 12.5 Å². The smallest absolute Gasteiger partial charge is 0.258 e. The van der Waals surface area contributed by atoms with Crippen molar-refractivity contribution in [3.63, 3.8) is 0 Å². The fourth-order valence-corrected chi connectivity index (χ4v) is 1.16. The van der Waals surface area contributed by atoms with Crippen LogP contribution < -0.4 is 10.1 Å². The predicted octanol–water partition coefficient (Wildman–Crippen LogP) is 2.07. The van der Waals surface area contributed by atoms with Gasteiger partial charge in [-0.2, -0.15) is 0 Å². The van der Waals surface area contributed by atoms with Crippen LogP contribution in [0.25, 0.3) is 0 Å². The topological polar surface area (TPSA) is 38.3 Å². The van der Waals surface area contributed by atoms with Gasteiger partial charge in [0, 0.05) is 6.54 Å². The Bertz CT molecular complexity index is 385. The Morgan fingerprint density at radius 1 is 1.44 bits per heavy atom. The molecule has 1 aromatic carbocycles. The third-order valence-electron chi connectivity index (χ3n) is 2.04. The molecule has 0 aliphatic carbocycles. The van der Waals surface area contributed by atoms with E-state index < -0.39 is 0 Å². The summed E-state index contributed by atoms with van der Waals surface area (Å²) in [5, 5.41) is 2.71. The fraction of sp³-hybridized carbons (Fsp3) is 0.308. The van der Waals surface area contributed by atoms with Crippen molar-refractivity contribution in [3.05, 3.63) is 42.0 Å². The van der Waals surface area contributed by atoms with Crippen LogP contribution >= 0.6 is 0 Å². The maximum absolute atomic E-state index is 11.4. The second-order valence-electron chi connectivity index (χ2n) is 3.79.